The molecule has 0 heterocycles. The van der Waals surface area contributed by atoms with Gasteiger partial charge in [-0.05, 0) is 20.3 Å². The molecule has 0 bridgehead atoms. The van der Waals surface area contributed by atoms with Gasteiger partial charge in [0.2, 0.25) is 0 Å². The van der Waals surface area contributed by atoms with Crippen molar-refractivity contribution in [3.05, 3.63) is 7.11 Å². The van der Waals surface area contributed by atoms with E-state index in [1.54, 1.807) is 0 Å². The summed E-state index contributed by atoms with van der Waals surface area (Å²) in [6.45, 7) is 5.50. The fourth-order valence-electron chi connectivity index (χ4n) is 0.480. The molecule has 0 N–H and O–H groups in total. The second-order valence-electron chi connectivity index (χ2n) is 2.18. The monoisotopic (exact) mass is 131 g/mol. The normalized spacial score (nSPS) is 10.7. The van der Waals surface area contributed by atoms with E-state index < -0.39 is 0 Å². The van der Waals surface area contributed by atoms with Gasteiger partial charge in [-0.3, -0.25) is 0 Å². The summed E-state index contributed by atoms with van der Waals surface area (Å²) in [7, 11) is 3.25. The van der Waals surface area contributed by atoms with Crippen molar-refractivity contribution in [2.75, 3.05) is 13.2 Å². The molecule has 2 nitrogen and oxygen atoms in total. The van der Waals surface area contributed by atoms with Crippen molar-refractivity contribution in [1.29, 1.82) is 0 Å². The summed E-state index contributed by atoms with van der Waals surface area (Å²) in [6.07, 6.45) is 1.26. The van der Waals surface area contributed by atoms with Gasteiger partial charge < -0.3 is 9.47 Å². The molecule has 0 unspecified atom stereocenters. The highest BCUT2D eigenvalue weighted by Gasteiger charge is 1.90. The molecule has 9 heavy (non-hydrogen) atoms. The van der Waals surface area contributed by atoms with Gasteiger partial charge in [-0.15, -0.1) is 0 Å². The van der Waals surface area contributed by atoms with Crippen LogP contribution in [0.1, 0.15) is 20.3 Å². The molecular weight excluding hydrogens is 116 g/mol. The molecule has 0 aromatic rings. The molecule has 0 spiro atoms. The van der Waals surface area contributed by atoms with Crippen LogP contribution in [0.15, 0.2) is 0 Å². The Morgan fingerprint density at radius 2 is 2.00 bits per heavy atom. The van der Waals surface area contributed by atoms with Gasteiger partial charge in [-0.2, -0.15) is 0 Å². The minimum Gasteiger partial charge on any atom is -0.379 e. The summed E-state index contributed by atoms with van der Waals surface area (Å²) in [5, 5.41) is 0. The molecule has 0 rings (SSSR count). The lowest BCUT2D eigenvalue weighted by molar-refractivity contribution is 0.0648. The van der Waals surface area contributed by atoms with Crippen molar-refractivity contribution in [1.82, 2.24) is 0 Å². The van der Waals surface area contributed by atoms with E-state index in [0.717, 1.165) is 13.0 Å². The van der Waals surface area contributed by atoms with E-state index in [1.807, 2.05) is 13.8 Å². The van der Waals surface area contributed by atoms with Crippen molar-refractivity contribution in [3.8, 4) is 0 Å². The van der Waals surface area contributed by atoms with Crippen LogP contribution in [0.4, 0.5) is 0 Å². The van der Waals surface area contributed by atoms with E-state index in [0.29, 0.717) is 12.7 Å². The van der Waals surface area contributed by atoms with E-state index in [9.17, 15) is 0 Å². The molecule has 0 amide bonds. The van der Waals surface area contributed by atoms with E-state index in [-0.39, 0.29) is 0 Å². The summed E-state index contributed by atoms with van der Waals surface area (Å²) in [5.74, 6) is 0. The van der Waals surface area contributed by atoms with Gasteiger partial charge >= 0.3 is 0 Å². The molecule has 0 aliphatic rings. The molecular formula is C7H15O2. The van der Waals surface area contributed by atoms with E-state index >= 15 is 0 Å². The zero-order valence-electron chi connectivity index (χ0n) is 6.22. The zero-order chi connectivity index (χ0) is 7.11. The van der Waals surface area contributed by atoms with Crippen LogP contribution in [0, 0.1) is 7.11 Å². The first-order valence-electron chi connectivity index (χ1n) is 3.26. The molecule has 1 radical (unpaired) electrons. The highest BCUT2D eigenvalue weighted by atomic mass is 16.5. The quantitative estimate of drug-likeness (QED) is 0.528. The van der Waals surface area contributed by atoms with Crippen LogP contribution in [0.5, 0.6) is 0 Å². The molecule has 0 saturated heterocycles. The maximum Gasteiger partial charge on any atom is 0.0700 e. The largest absolute Gasteiger partial charge is 0.379 e. The average Bonchev–Trinajstić information content (AvgIpc) is 1.80. The lowest BCUT2D eigenvalue weighted by Gasteiger charge is -2.05. The van der Waals surface area contributed by atoms with Crippen molar-refractivity contribution in [2.45, 2.75) is 26.4 Å². The lowest BCUT2D eigenvalue weighted by atomic mass is 10.4. The average molecular weight is 131 g/mol. The fraction of sp³-hybridized carbons (Fsp3) is 0.857. The maximum atomic E-state index is 5.24. The first kappa shape index (κ1) is 8.92. The Morgan fingerprint density at radius 1 is 1.33 bits per heavy atom. The molecule has 0 aliphatic carbocycles. The summed E-state index contributed by atoms with van der Waals surface area (Å²) >= 11 is 0. The summed E-state index contributed by atoms with van der Waals surface area (Å²) in [6, 6.07) is 0. The van der Waals surface area contributed by atoms with Crippen LogP contribution in [-0.4, -0.2) is 19.3 Å². The van der Waals surface area contributed by atoms with Crippen LogP contribution in [0.3, 0.4) is 0 Å². The van der Waals surface area contributed by atoms with Crippen LogP contribution in [0.2, 0.25) is 0 Å². The Bertz CT molecular complexity index is 52.9. The molecule has 0 fully saturated rings. The van der Waals surface area contributed by atoms with E-state index in [2.05, 4.69) is 11.8 Å². The van der Waals surface area contributed by atoms with Gasteiger partial charge in [-0.25, -0.2) is 0 Å². The molecule has 0 aromatic heterocycles. The van der Waals surface area contributed by atoms with Gasteiger partial charge in [0.1, 0.15) is 0 Å². The SMILES string of the molecule is [CH2]OCCCOC(C)C. The molecule has 55 valence electrons. The first-order valence-corrected chi connectivity index (χ1v) is 3.26. The van der Waals surface area contributed by atoms with Crippen LogP contribution in [0.25, 0.3) is 0 Å². The maximum absolute atomic E-state index is 5.24. The molecule has 0 aliphatic heterocycles. The van der Waals surface area contributed by atoms with Crippen molar-refractivity contribution in [3.63, 3.8) is 0 Å². The number of hydrogen-bond acceptors (Lipinski definition) is 2. The lowest BCUT2D eigenvalue weighted by Crippen LogP contribution is -2.05. The van der Waals surface area contributed by atoms with Gasteiger partial charge in [-0.1, -0.05) is 0 Å². The second-order valence-corrected chi connectivity index (χ2v) is 2.18. The topological polar surface area (TPSA) is 18.5 Å². The Kier molecular flexibility index (Phi) is 5.99. The third kappa shape index (κ3) is 7.92. The molecule has 0 saturated carbocycles. The Labute approximate surface area is 57.2 Å². The van der Waals surface area contributed by atoms with Crippen LogP contribution < -0.4 is 0 Å². The Balaban J connectivity index is 2.75. The van der Waals surface area contributed by atoms with E-state index in [1.165, 1.54) is 0 Å². The zero-order valence-corrected chi connectivity index (χ0v) is 6.22. The third-order valence-electron chi connectivity index (χ3n) is 0.884. The Hall–Kier alpha value is -0.0800. The molecule has 0 atom stereocenters. The van der Waals surface area contributed by atoms with E-state index in [4.69, 9.17) is 4.74 Å². The Morgan fingerprint density at radius 3 is 2.44 bits per heavy atom. The summed E-state index contributed by atoms with van der Waals surface area (Å²) < 4.78 is 9.83. The van der Waals surface area contributed by atoms with Crippen molar-refractivity contribution < 1.29 is 9.47 Å². The van der Waals surface area contributed by atoms with Gasteiger partial charge in [0, 0.05) is 13.2 Å². The highest BCUT2D eigenvalue weighted by Crippen LogP contribution is 1.89. The first-order chi connectivity index (χ1) is 4.27. The number of hydrogen-bond donors (Lipinski definition) is 0. The molecule has 2 heteroatoms. The van der Waals surface area contributed by atoms with Gasteiger partial charge in [0.05, 0.1) is 13.2 Å². The van der Waals surface area contributed by atoms with Crippen LogP contribution in [-0.2, 0) is 9.47 Å². The minimum atomic E-state index is 0.329. The minimum absolute atomic E-state index is 0.329. The number of rotatable bonds is 5. The summed E-state index contributed by atoms with van der Waals surface area (Å²) in [5.41, 5.74) is 0. The smallest absolute Gasteiger partial charge is 0.0700 e. The van der Waals surface area contributed by atoms with Crippen molar-refractivity contribution >= 4 is 0 Å². The third-order valence-corrected chi connectivity index (χ3v) is 0.884. The standard InChI is InChI=1S/C7H15O2/c1-7(2)9-6-4-5-8-3/h7H,3-6H2,1-2H3. The van der Waals surface area contributed by atoms with Crippen molar-refractivity contribution in [2.24, 2.45) is 0 Å². The predicted octanol–water partition coefficient (Wildman–Crippen LogP) is 1.61. The summed E-state index contributed by atoms with van der Waals surface area (Å²) in [4.78, 5) is 0. The predicted molar refractivity (Wildman–Crippen MR) is 37.0 cm³/mol. The van der Waals surface area contributed by atoms with Gasteiger partial charge in [0.25, 0.3) is 0 Å². The molecule has 0 aromatic carbocycles. The fourth-order valence-corrected chi connectivity index (χ4v) is 0.480. The number of ether oxygens (including phenoxy) is 2. The van der Waals surface area contributed by atoms with Gasteiger partial charge in [0.15, 0.2) is 0 Å². The van der Waals surface area contributed by atoms with Crippen LogP contribution >= 0.6 is 0 Å². The second kappa shape index (κ2) is 6.05. The highest BCUT2D eigenvalue weighted by molar-refractivity contribution is 4.38.